The smallest absolute Gasteiger partial charge is 0.335 e. The van der Waals surface area contributed by atoms with Crippen LogP contribution in [-0.4, -0.2) is 42.7 Å². The van der Waals surface area contributed by atoms with Crippen LogP contribution in [0.3, 0.4) is 0 Å². The van der Waals surface area contributed by atoms with Crippen LogP contribution in [0.5, 0.6) is 0 Å². The zero-order valence-corrected chi connectivity index (χ0v) is 19.3. The number of rotatable bonds is 5. The fourth-order valence-electron chi connectivity index (χ4n) is 4.25. The van der Waals surface area contributed by atoms with Crippen LogP contribution in [-0.2, 0) is 0 Å². The van der Waals surface area contributed by atoms with E-state index in [1.165, 1.54) is 17.3 Å². The first-order valence-corrected chi connectivity index (χ1v) is 11.2. The van der Waals surface area contributed by atoms with E-state index < -0.39 is 5.97 Å². The Balaban J connectivity index is 1.60. The Morgan fingerprint density at radius 3 is 2.52 bits per heavy atom. The molecule has 0 aliphatic carbocycles. The van der Waals surface area contributed by atoms with Crippen molar-refractivity contribution in [2.45, 2.75) is 19.9 Å². The number of aryl methyl sites for hydroxylation is 1. The quantitative estimate of drug-likeness (QED) is 0.536. The lowest BCUT2D eigenvalue weighted by Gasteiger charge is -2.43. The van der Waals surface area contributed by atoms with Crippen LogP contribution in [0.1, 0.15) is 33.2 Å². The molecule has 0 spiro atoms. The number of aromatic carboxylic acids is 1. The van der Waals surface area contributed by atoms with Gasteiger partial charge in [-0.2, -0.15) is 0 Å². The van der Waals surface area contributed by atoms with Crippen LogP contribution in [0.4, 0.5) is 17.1 Å². The molecule has 3 aromatic carbocycles. The van der Waals surface area contributed by atoms with Crippen LogP contribution in [0.15, 0.2) is 66.7 Å². The van der Waals surface area contributed by atoms with E-state index in [2.05, 4.69) is 53.2 Å². The number of nitrogens with one attached hydrogen (secondary N) is 1. The summed E-state index contributed by atoms with van der Waals surface area (Å²) in [6.45, 7) is 6.53. The van der Waals surface area contributed by atoms with Crippen molar-refractivity contribution in [3.8, 4) is 0 Å². The molecule has 1 fully saturated rings. The normalized spacial score (nSPS) is 15.9. The summed E-state index contributed by atoms with van der Waals surface area (Å²) in [7, 11) is 0. The number of anilines is 3. The van der Waals surface area contributed by atoms with Crippen LogP contribution >= 0.6 is 11.6 Å². The van der Waals surface area contributed by atoms with Crippen molar-refractivity contribution in [1.29, 1.82) is 0 Å². The van der Waals surface area contributed by atoms with Gasteiger partial charge in [-0.15, -0.1) is 0 Å². The molecule has 7 heteroatoms. The molecule has 6 nitrogen and oxygen atoms in total. The Bertz CT molecular complexity index is 1200. The van der Waals surface area contributed by atoms with Gasteiger partial charge in [0.05, 0.1) is 27.5 Å². The van der Waals surface area contributed by atoms with Crippen molar-refractivity contribution in [3.05, 3.63) is 88.4 Å². The first kappa shape index (κ1) is 22.7. The van der Waals surface area contributed by atoms with Crippen molar-refractivity contribution < 1.29 is 14.7 Å². The Morgan fingerprint density at radius 1 is 1.03 bits per heavy atom. The Morgan fingerprint density at radius 2 is 1.82 bits per heavy atom. The summed E-state index contributed by atoms with van der Waals surface area (Å²) < 4.78 is 0. The fourth-order valence-corrected chi connectivity index (χ4v) is 4.47. The summed E-state index contributed by atoms with van der Waals surface area (Å²) in [6, 6.07) is 20.3. The molecule has 1 saturated heterocycles. The molecular weight excluding hydrogens is 438 g/mol. The minimum Gasteiger partial charge on any atom is -0.478 e. The van der Waals surface area contributed by atoms with Crippen LogP contribution in [0.2, 0.25) is 5.02 Å². The highest BCUT2D eigenvalue weighted by Gasteiger charge is 2.26. The fraction of sp³-hybridized carbons (Fsp3) is 0.231. The van der Waals surface area contributed by atoms with Gasteiger partial charge < -0.3 is 20.2 Å². The molecule has 0 saturated carbocycles. The van der Waals surface area contributed by atoms with Crippen molar-refractivity contribution in [3.63, 3.8) is 0 Å². The molecule has 0 unspecified atom stereocenters. The van der Waals surface area contributed by atoms with Gasteiger partial charge in [-0.3, -0.25) is 4.79 Å². The molecule has 2 N–H and O–H groups in total. The number of nitrogens with zero attached hydrogens (tertiary/aromatic N) is 2. The van der Waals surface area contributed by atoms with Gasteiger partial charge in [0.25, 0.3) is 5.91 Å². The molecule has 4 rings (SSSR count). The minimum absolute atomic E-state index is 0.111. The molecule has 170 valence electrons. The lowest BCUT2D eigenvalue weighted by Crippen LogP contribution is -2.52. The molecule has 0 bridgehead atoms. The summed E-state index contributed by atoms with van der Waals surface area (Å²) in [5.41, 5.74) is 4.10. The summed E-state index contributed by atoms with van der Waals surface area (Å²) in [6.07, 6.45) is 0. The number of carbonyl (C=O) groups is 2. The Labute approximate surface area is 198 Å². The summed E-state index contributed by atoms with van der Waals surface area (Å²) in [4.78, 5) is 29.0. The maximum Gasteiger partial charge on any atom is 0.335 e. The Kier molecular flexibility index (Phi) is 6.56. The van der Waals surface area contributed by atoms with Crippen molar-refractivity contribution in [1.82, 2.24) is 0 Å². The highest BCUT2D eigenvalue weighted by molar-refractivity contribution is 6.34. The number of piperazine rings is 1. The zero-order chi connectivity index (χ0) is 23.5. The second-order valence-corrected chi connectivity index (χ2v) is 8.71. The largest absolute Gasteiger partial charge is 0.478 e. The van der Waals surface area contributed by atoms with Crippen molar-refractivity contribution >= 4 is 40.5 Å². The molecule has 0 aromatic heterocycles. The van der Waals surface area contributed by atoms with E-state index in [1.807, 2.05) is 0 Å². The van der Waals surface area contributed by atoms with E-state index in [0.29, 0.717) is 16.3 Å². The second kappa shape index (κ2) is 9.55. The predicted octanol–water partition coefficient (Wildman–Crippen LogP) is 5.31. The van der Waals surface area contributed by atoms with Gasteiger partial charge >= 0.3 is 5.97 Å². The molecule has 1 heterocycles. The highest BCUT2D eigenvalue weighted by atomic mass is 35.5. The van der Waals surface area contributed by atoms with Gasteiger partial charge in [0, 0.05) is 31.4 Å². The third-order valence-corrected chi connectivity index (χ3v) is 6.24. The third-order valence-electron chi connectivity index (χ3n) is 5.91. The molecule has 1 aliphatic heterocycles. The van der Waals surface area contributed by atoms with E-state index >= 15 is 0 Å². The van der Waals surface area contributed by atoms with Gasteiger partial charge in [-0.05, 0) is 61.9 Å². The predicted molar refractivity (Wildman–Crippen MR) is 133 cm³/mol. The zero-order valence-electron chi connectivity index (χ0n) is 18.6. The molecule has 1 aliphatic rings. The lowest BCUT2D eigenvalue weighted by molar-refractivity contribution is 0.0696. The average Bonchev–Trinajstić information content (AvgIpc) is 2.79. The molecule has 0 radical (unpaired) electrons. The minimum atomic E-state index is -1.05. The molecular formula is C26H26ClN3O3. The van der Waals surface area contributed by atoms with E-state index in [9.17, 15) is 14.7 Å². The number of benzene rings is 3. The summed E-state index contributed by atoms with van der Waals surface area (Å²) >= 11 is 6.19. The van der Waals surface area contributed by atoms with E-state index in [4.69, 9.17) is 11.6 Å². The van der Waals surface area contributed by atoms with Gasteiger partial charge in [-0.1, -0.05) is 35.9 Å². The number of hydrogen-bond acceptors (Lipinski definition) is 4. The number of carboxylic acid groups (broad SMARTS) is 1. The topological polar surface area (TPSA) is 72.9 Å². The number of halogens is 1. The third kappa shape index (κ3) is 4.96. The van der Waals surface area contributed by atoms with E-state index in [1.54, 1.807) is 36.4 Å². The maximum absolute atomic E-state index is 12.9. The first-order chi connectivity index (χ1) is 15.8. The van der Waals surface area contributed by atoms with Crippen molar-refractivity contribution in [2.75, 3.05) is 34.8 Å². The molecule has 1 amide bonds. The number of amides is 1. The van der Waals surface area contributed by atoms with Gasteiger partial charge in [0.2, 0.25) is 0 Å². The monoisotopic (exact) mass is 463 g/mol. The number of carbonyl (C=O) groups excluding carboxylic acids is 1. The lowest BCUT2D eigenvalue weighted by atomic mass is 10.1. The Hall–Kier alpha value is -3.51. The number of carboxylic acids is 1. The van der Waals surface area contributed by atoms with Crippen LogP contribution < -0.4 is 15.1 Å². The highest BCUT2D eigenvalue weighted by Crippen LogP contribution is 2.32. The molecule has 3 aromatic rings. The summed E-state index contributed by atoms with van der Waals surface area (Å²) in [5.74, 6) is -1.43. The number of hydrogen-bond donors (Lipinski definition) is 2. The van der Waals surface area contributed by atoms with Gasteiger partial charge in [0.1, 0.15) is 0 Å². The SMILES string of the molecule is Cc1cccc(N2CCN(c3ccc(C(=O)O)cc3NC(=O)c3ccccc3Cl)C[C@@H]2C)c1. The van der Waals surface area contributed by atoms with Crippen LogP contribution in [0, 0.1) is 6.92 Å². The first-order valence-electron chi connectivity index (χ1n) is 10.8. The maximum atomic E-state index is 12.9. The van der Waals surface area contributed by atoms with E-state index in [-0.39, 0.29) is 17.5 Å². The molecule has 1 atom stereocenters. The summed E-state index contributed by atoms with van der Waals surface area (Å²) in [5, 5.41) is 12.7. The standard InChI is InChI=1S/C26H26ClN3O3/c1-17-6-5-7-20(14-17)30-13-12-29(16-18(30)2)24-11-10-19(26(32)33)15-23(24)28-25(31)21-8-3-4-9-22(21)27/h3-11,14-15,18H,12-13,16H2,1-2H3,(H,28,31)(H,32,33)/t18-/m0/s1. The second-order valence-electron chi connectivity index (χ2n) is 8.30. The molecule has 33 heavy (non-hydrogen) atoms. The van der Waals surface area contributed by atoms with Crippen LogP contribution in [0.25, 0.3) is 0 Å². The van der Waals surface area contributed by atoms with Crippen molar-refractivity contribution in [2.24, 2.45) is 0 Å². The average molecular weight is 464 g/mol. The van der Waals surface area contributed by atoms with E-state index in [0.717, 1.165) is 25.3 Å². The van der Waals surface area contributed by atoms with Gasteiger partial charge in [0.15, 0.2) is 0 Å². The van der Waals surface area contributed by atoms with Gasteiger partial charge in [-0.25, -0.2) is 4.79 Å².